The Morgan fingerprint density at radius 1 is 0.800 bits per heavy atom. The number of carbonyl (C=O) groups is 3. The number of para-hydroxylation sites is 1. The minimum Gasteiger partial charge on any atom is -0.438 e. The second-order valence-corrected chi connectivity index (χ2v) is 11.1. The number of urea groups is 1. The molecule has 40 heavy (non-hydrogen) atoms. The largest absolute Gasteiger partial charge is 0.438 e. The SMILES string of the molecule is Cc1ccc(C2(c3ccc(C)cc3)NC(=O)N(CCCN3CCC4(CC3)OC(=O)Nc3ccccc34)C2=O)cc1. The monoisotopic (exact) mass is 538 g/mol. The number of aryl methyl sites for hydroxylation is 2. The number of piperidine rings is 1. The Bertz CT molecular complexity index is 1400. The molecule has 3 aliphatic rings. The van der Waals surface area contributed by atoms with Crippen molar-refractivity contribution in [2.45, 2.75) is 44.2 Å². The van der Waals surface area contributed by atoms with Crippen LogP contribution < -0.4 is 10.6 Å². The van der Waals surface area contributed by atoms with Gasteiger partial charge in [0.1, 0.15) is 5.60 Å². The van der Waals surface area contributed by atoms with E-state index in [0.717, 1.165) is 53.1 Å². The van der Waals surface area contributed by atoms with Crippen molar-refractivity contribution in [3.8, 4) is 0 Å². The zero-order valence-corrected chi connectivity index (χ0v) is 22.9. The zero-order chi connectivity index (χ0) is 27.9. The minimum atomic E-state index is -1.25. The van der Waals surface area contributed by atoms with Crippen molar-refractivity contribution in [2.24, 2.45) is 0 Å². The summed E-state index contributed by atoms with van der Waals surface area (Å²) in [5, 5.41) is 5.85. The van der Waals surface area contributed by atoms with Gasteiger partial charge in [-0.05, 0) is 44.0 Å². The van der Waals surface area contributed by atoms with Crippen molar-refractivity contribution in [1.29, 1.82) is 0 Å². The molecule has 0 aromatic heterocycles. The fourth-order valence-electron chi connectivity index (χ4n) is 6.26. The molecule has 3 heterocycles. The lowest BCUT2D eigenvalue weighted by atomic mass is 9.82. The summed E-state index contributed by atoms with van der Waals surface area (Å²) < 4.78 is 5.84. The van der Waals surface area contributed by atoms with E-state index in [9.17, 15) is 14.4 Å². The Hall–Kier alpha value is -4.17. The Labute approximate surface area is 234 Å². The summed E-state index contributed by atoms with van der Waals surface area (Å²) in [6.45, 7) is 6.59. The van der Waals surface area contributed by atoms with Crippen LogP contribution in [0.25, 0.3) is 0 Å². The number of amides is 4. The smallest absolute Gasteiger partial charge is 0.412 e. The Morgan fingerprint density at radius 3 is 2.02 bits per heavy atom. The van der Waals surface area contributed by atoms with Gasteiger partial charge in [-0.1, -0.05) is 77.9 Å². The van der Waals surface area contributed by atoms with Gasteiger partial charge in [-0.25, -0.2) is 9.59 Å². The van der Waals surface area contributed by atoms with Crippen LogP contribution in [0.4, 0.5) is 15.3 Å². The summed E-state index contributed by atoms with van der Waals surface area (Å²) in [4.78, 5) is 43.2. The van der Waals surface area contributed by atoms with Crippen molar-refractivity contribution in [3.05, 3.63) is 101 Å². The van der Waals surface area contributed by atoms with E-state index >= 15 is 0 Å². The fourth-order valence-corrected chi connectivity index (χ4v) is 6.26. The van der Waals surface area contributed by atoms with Crippen LogP contribution in [0.2, 0.25) is 0 Å². The van der Waals surface area contributed by atoms with Gasteiger partial charge in [0, 0.05) is 38.0 Å². The number of hydrogen-bond donors (Lipinski definition) is 2. The van der Waals surface area contributed by atoms with Gasteiger partial charge >= 0.3 is 12.1 Å². The maximum Gasteiger partial charge on any atom is 0.412 e. The molecular weight excluding hydrogens is 504 g/mol. The van der Waals surface area contributed by atoms with Crippen LogP contribution in [0, 0.1) is 13.8 Å². The molecule has 2 saturated heterocycles. The van der Waals surface area contributed by atoms with E-state index in [2.05, 4.69) is 15.5 Å². The quantitative estimate of drug-likeness (QED) is 0.429. The number of carbonyl (C=O) groups excluding carboxylic acids is 3. The van der Waals surface area contributed by atoms with E-state index in [4.69, 9.17) is 4.74 Å². The number of rotatable bonds is 6. The van der Waals surface area contributed by atoms with Crippen LogP contribution in [-0.4, -0.2) is 54.0 Å². The number of anilines is 1. The molecule has 3 aliphatic heterocycles. The van der Waals surface area contributed by atoms with Crippen LogP contribution in [0.3, 0.4) is 0 Å². The molecule has 3 aromatic rings. The number of nitrogens with zero attached hydrogens (tertiary/aromatic N) is 2. The molecule has 6 rings (SSSR count). The lowest BCUT2D eigenvalue weighted by molar-refractivity contribution is -0.130. The number of hydrogen-bond acceptors (Lipinski definition) is 5. The van der Waals surface area contributed by atoms with Gasteiger partial charge in [-0.2, -0.15) is 0 Å². The normalized spacial score (nSPS) is 19.6. The first kappa shape index (κ1) is 26.1. The van der Waals surface area contributed by atoms with E-state index < -0.39 is 17.2 Å². The highest BCUT2D eigenvalue weighted by Crippen LogP contribution is 2.43. The molecule has 8 nitrogen and oxygen atoms in total. The summed E-state index contributed by atoms with van der Waals surface area (Å²) in [6.07, 6.45) is 1.65. The van der Waals surface area contributed by atoms with Crippen molar-refractivity contribution in [1.82, 2.24) is 15.1 Å². The Balaban J connectivity index is 1.14. The van der Waals surface area contributed by atoms with E-state index in [-0.39, 0.29) is 11.9 Å². The maximum atomic E-state index is 14.0. The number of benzene rings is 3. The lowest BCUT2D eigenvalue weighted by Crippen LogP contribution is -2.48. The third-order valence-corrected chi connectivity index (χ3v) is 8.54. The van der Waals surface area contributed by atoms with Crippen LogP contribution in [0.1, 0.15) is 47.1 Å². The molecule has 0 unspecified atom stereocenters. The summed E-state index contributed by atoms with van der Waals surface area (Å²) in [6, 6.07) is 23.0. The molecule has 0 bridgehead atoms. The number of likely N-dealkylation sites (tertiary alicyclic amines) is 1. The highest BCUT2D eigenvalue weighted by atomic mass is 16.6. The summed E-state index contributed by atoms with van der Waals surface area (Å²) in [7, 11) is 0. The molecule has 3 aromatic carbocycles. The molecular formula is C32H34N4O4. The zero-order valence-electron chi connectivity index (χ0n) is 22.9. The first-order valence-corrected chi connectivity index (χ1v) is 13.9. The molecule has 0 atom stereocenters. The van der Waals surface area contributed by atoms with E-state index in [1.165, 1.54) is 4.90 Å². The lowest BCUT2D eigenvalue weighted by Gasteiger charge is -2.44. The van der Waals surface area contributed by atoms with E-state index in [1.807, 2.05) is 86.6 Å². The third-order valence-electron chi connectivity index (χ3n) is 8.54. The van der Waals surface area contributed by atoms with Crippen molar-refractivity contribution < 1.29 is 19.1 Å². The van der Waals surface area contributed by atoms with Gasteiger partial charge < -0.3 is 15.0 Å². The summed E-state index contributed by atoms with van der Waals surface area (Å²) in [5.41, 5.74) is 3.66. The van der Waals surface area contributed by atoms with Crippen molar-refractivity contribution in [3.63, 3.8) is 0 Å². The van der Waals surface area contributed by atoms with Gasteiger partial charge in [0.05, 0.1) is 5.69 Å². The maximum absolute atomic E-state index is 14.0. The molecule has 206 valence electrons. The van der Waals surface area contributed by atoms with Gasteiger partial charge in [0.15, 0.2) is 5.54 Å². The van der Waals surface area contributed by atoms with Gasteiger partial charge in [0.2, 0.25) is 0 Å². The summed E-state index contributed by atoms with van der Waals surface area (Å²) >= 11 is 0. The minimum absolute atomic E-state index is 0.249. The van der Waals surface area contributed by atoms with Crippen molar-refractivity contribution >= 4 is 23.7 Å². The molecule has 0 saturated carbocycles. The number of nitrogens with one attached hydrogen (secondary N) is 2. The Morgan fingerprint density at radius 2 is 1.40 bits per heavy atom. The average Bonchev–Trinajstić information content (AvgIpc) is 3.20. The number of fused-ring (bicyclic) bond motifs is 2. The topological polar surface area (TPSA) is 91.0 Å². The molecule has 1 spiro atoms. The molecule has 0 radical (unpaired) electrons. The van der Waals surface area contributed by atoms with Crippen molar-refractivity contribution in [2.75, 3.05) is 31.5 Å². The predicted octanol–water partition coefficient (Wildman–Crippen LogP) is 5.04. The second-order valence-electron chi connectivity index (χ2n) is 11.1. The molecule has 2 fully saturated rings. The first-order chi connectivity index (χ1) is 19.3. The molecule has 4 amide bonds. The third kappa shape index (κ3) is 4.42. The molecule has 2 N–H and O–H groups in total. The Kier molecular flexibility index (Phi) is 6.58. The van der Waals surface area contributed by atoms with E-state index in [0.29, 0.717) is 25.8 Å². The van der Waals surface area contributed by atoms with Crippen LogP contribution in [0.5, 0.6) is 0 Å². The van der Waals surface area contributed by atoms with Gasteiger partial charge in [-0.15, -0.1) is 0 Å². The van der Waals surface area contributed by atoms with Crippen LogP contribution in [0.15, 0.2) is 72.8 Å². The first-order valence-electron chi connectivity index (χ1n) is 13.9. The van der Waals surface area contributed by atoms with Crippen LogP contribution >= 0.6 is 0 Å². The average molecular weight is 539 g/mol. The van der Waals surface area contributed by atoms with Gasteiger partial charge in [-0.3, -0.25) is 15.0 Å². The second kappa shape index (κ2) is 10.1. The molecule has 8 heteroatoms. The highest BCUT2D eigenvalue weighted by molar-refractivity contribution is 6.09. The van der Waals surface area contributed by atoms with Gasteiger partial charge in [0.25, 0.3) is 5.91 Å². The fraction of sp³-hybridized carbons (Fsp3) is 0.344. The standard InChI is InChI=1S/C32H34N4O4/c1-22-8-12-24(13-9-22)32(25-14-10-23(2)11-15-25)28(37)36(29(38)34-32)19-5-18-35-20-16-31(17-21-35)26-6-3-4-7-27(26)33-30(39)40-31/h3-4,6-15H,5,16-21H2,1-2H3,(H,33,39)(H,34,38). The highest BCUT2D eigenvalue weighted by Gasteiger charge is 2.53. The van der Waals surface area contributed by atoms with E-state index in [1.54, 1.807) is 0 Å². The molecule has 0 aliphatic carbocycles. The predicted molar refractivity (Wildman–Crippen MR) is 152 cm³/mol. The van der Waals surface area contributed by atoms with Crippen LogP contribution in [-0.2, 0) is 20.7 Å². The number of imide groups is 1. The summed E-state index contributed by atoms with van der Waals surface area (Å²) in [5.74, 6) is -0.249. The number of ether oxygens (including phenoxy) is 1.